The molecule has 0 spiro atoms. The normalized spacial score (nSPS) is 14.6. The highest BCUT2D eigenvalue weighted by Gasteiger charge is 2.11. The molecule has 1 N–H and O–H groups in total. The molecule has 2 nitrogen and oxygen atoms in total. The van der Waals surface area contributed by atoms with Gasteiger partial charge < -0.3 is 10.1 Å². The van der Waals surface area contributed by atoms with Crippen LogP contribution in [0, 0.1) is 0 Å². The Labute approximate surface area is 109 Å². The number of hydrogen-bond acceptors (Lipinski definition) is 2. The van der Waals surface area contributed by atoms with E-state index < -0.39 is 0 Å². The van der Waals surface area contributed by atoms with E-state index >= 15 is 0 Å². The van der Waals surface area contributed by atoms with Crippen LogP contribution in [0.5, 0.6) is 0 Å². The lowest BCUT2D eigenvalue weighted by Crippen LogP contribution is -2.40. The summed E-state index contributed by atoms with van der Waals surface area (Å²) < 4.78 is 5.18. The molecule has 0 aliphatic carbocycles. The molecule has 0 aromatic heterocycles. The van der Waals surface area contributed by atoms with E-state index in [1.165, 1.54) is 5.56 Å². The average Bonchev–Trinajstić information content (AvgIpc) is 2.31. The molecule has 1 aromatic carbocycles. The fourth-order valence-electron chi connectivity index (χ4n) is 1.94. The van der Waals surface area contributed by atoms with Crippen molar-refractivity contribution in [1.82, 2.24) is 5.32 Å². The highest BCUT2D eigenvalue weighted by atomic mass is 35.5. The minimum Gasteiger partial charge on any atom is -0.383 e. The zero-order valence-electron chi connectivity index (χ0n) is 10.9. The molecule has 0 bridgehead atoms. The van der Waals surface area contributed by atoms with Crippen molar-refractivity contribution in [2.45, 2.75) is 38.8 Å². The van der Waals surface area contributed by atoms with Crippen LogP contribution in [0.25, 0.3) is 0 Å². The summed E-state index contributed by atoms with van der Waals surface area (Å²) in [5.74, 6) is 0. The van der Waals surface area contributed by atoms with Crippen LogP contribution in [0.4, 0.5) is 0 Å². The van der Waals surface area contributed by atoms with Crippen molar-refractivity contribution >= 4 is 11.6 Å². The maximum Gasteiger partial charge on any atom is 0.0615 e. The third kappa shape index (κ3) is 5.07. The van der Waals surface area contributed by atoms with Crippen molar-refractivity contribution in [2.75, 3.05) is 13.7 Å². The molecule has 1 aromatic rings. The van der Waals surface area contributed by atoms with Gasteiger partial charge in [0.25, 0.3) is 0 Å². The first-order valence-corrected chi connectivity index (χ1v) is 6.53. The lowest BCUT2D eigenvalue weighted by atomic mass is 10.1. The highest BCUT2D eigenvalue weighted by Crippen LogP contribution is 2.16. The van der Waals surface area contributed by atoms with Gasteiger partial charge in [-0.3, -0.25) is 0 Å². The first-order valence-electron chi connectivity index (χ1n) is 6.15. The quantitative estimate of drug-likeness (QED) is 0.807. The van der Waals surface area contributed by atoms with Crippen molar-refractivity contribution in [3.63, 3.8) is 0 Å². The molecule has 96 valence electrons. The minimum atomic E-state index is 0.398. The number of halogens is 1. The maximum absolute atomic E-state index is 6.15. The van der Waals surface area contributed by atoms with Crippen LogP contribution in [-0.2, 0) is 11.2 Å². The molecule has 0 saturated heterocycles. The van der Waals surface area contributed by atoms with E-state index in [1.807, 2.05) is 18.2 Å². The van der Waals surface area contributed by atoms with E-state index in [2.05, 4.69) is 25.2 Å². The summed E-state index contributed by atoms with van der Waals surface area (Å²) >= 11 is 6.15. The van der Waals surface area contributed by atoms with E-state index in [-0.39, 0.29) is 0 Å². The van der Waals surface area contributed by atoms with Gasteiger partial charge in [0.15, 0.2) is 0 Å². The van der Waals surface area contributed by atoms with Crippen LogP contribution in [0.2, 0.25) is 5.02 Å². The summed E-state index contributed by atoms with van der Waals surface area (Å²) in [4.78, 5) is 0. The van der Waals surface area contributed by atoms with Gasteiger partial charge >= 0.3 is 0 Å². The van der Waals surface area contributed by atoms with Crippen molar-refractivity contribution in [3.05, 3.63) is 34.9 Å². The van der Waals surface area contributed by atoms with Crippen LogP contribution in [0.1, 0.15) is 25.8 Å². The molecule has 0 saturated carbocycles. The smallest absolute Gasteiger partial charge is 0.0615 e. The summed E-state index contributed by atoms with van der Waals surface area (Å²) in [5.41, 5.74) is 1.20. The summed E-state index contributed by atoms with van der Waals surface area (Å²) in [5, 5.41) is 4.41. The number of methoxy groups -OCH3 is 1. The number of nitrogens with one attached hydrogen (secondary N) is 1. The van der Waals surface area contributed by atoms with Gasteiger partial charge in [0.1, 0.15) is 0 Å². The first kappa shape index (κ1) is 14.5. The molecule has 0 aliphatic rings. The Morgan fingerprint density at radius 1 is 1.35 bits per heavy atom. The zero-order valence-corrected chi connectivity index (χ0v) is 11.6. The van der Waals surface area contributed by atoms with E-state index in [0.29, 0.717) is 12.1 Å². The second kappa shape index (κ2) is 7.70. The van der Waals surface area contributed by atoms with Crippen LogP contribution in [0.3, 0.4) is 0 Å². The van der Waals surface area contributed by atoms with Crippen LogP contribution >= 0.6 is 11.6 Å². The summed E-state index contributed by atoms with van der Waals surface area (Å²) in [6.45, 7) is 5.10. The summed E-state index contributed by atoms with van der Waals surface area (Å²) in [6.07, 6.45) is 2.01. The zero-order chi connectivity index (χ0) is 12.7. The Bertz CT molecular complexity index is 330. The number of benzene rings is 1. The topological polar surface area (TPSA) is 21.3 Å². The van der Waals surface area contributed by atoms with Crippen molar-refractivity contribution in [3.8, 4) is 0 Å². The first-order chi connectivity index (χ1) is 8.17. The second-order valence-corrected chi connectivity index (χ2v) is 4.83. The van der Waals surface area contributed by atoms with Crippen molar-refractivity contribution in [2.24, 2.45) is 0 Å². The number of rotatable bonds is 7. The summed E-state index contributed by atoms with van der Waals surface area (Å²) in [7, 11) is 1.74. The Balaban J connectivity index is 2.49. The van der Waals surface area contributed by atoms with E-state index in [9.17, 15) is 0 Å². The van der Waals surface area contributed by atoms with Gasteiger partial charge in [0.05, 0.1) is 6.61 Å². The number of ether oxygens (including phenoxy) is 1. The third-order valence-electron chi connectivity index (χ3n) is 2.86. The Morgan fingerprint density at radius 2 is 2.06 bits per heavy atom. The molecule has 17 heavy (non-hydrogen) atoms. The maximum atomic E-state index is 6.15. The van der Waals surface area contributed by atoms with E-state index in [0.717, 1.165) is 24.5 Å². The van der Waals surface area contributed by atoms with Crippen molar-refractivity contribution < 1.29 is 4.74 Å². The Morgan fingerprint density at radius 3 is 2.65 bits per heavy atom. The van der Waals surface area contributed by atoms with Crippen LogP contribution in [-0.4, -0.2) is 25.8 Å². The van der Waals surface area contributed by atoms with Gasteiger partial charge in [0, 0.05) is 24.2 Å². The molecular weight excluding hydrogens is 234 g/mol. The monoisotopic (exact) mass is 255 g/mol. The molecular formula is C14H22ClNO. The van der Waals surface area contributed by atoms with Crippen molar-refractivity contribution in [1.29, 1.82) is 0 Å². The van der Waals surface area contributed by atoms with E-state index in [4.69, 9.17) is 16.3 Å². The second-order valence-electron chi connectivity index (χ2n) is 4.42. The standard InChI is InChI=1S/C14H22ClNO/c1-4-13(10-17-3)16-11(2)9-12-7-5-6-8-14(12)15/h5-8,11,13,16H,4,9-10H2,1-3H3. The fraction of sp³-hybridized carbons (Fsp3) is 0.571. The fourth-order valence-corrected chi connectivity index (χ4v) is 2.15. The molecule has 2 unspecified atom stereocenters. The number of hydrogen-bond donors (Lipinski definition) is 1. The van der Waals surface area contributed by atoms with Gasteiger partial charge in [-0.25, -0.2) is 0 Å². The lowest BCUT2D eigenvalue weighted by Gasteiger charge is -2.22. The predicted molar refractivity (Wildman–Crippen MR) is 73.7 cm³/mol. The van der Waals surface area contributed by atoms with Crippen LogP contribution < -0.4 is 5.32 Å². The average molecular weight is 256 g/mol. The lowest BCUT2D eigenvalue weighted by molar-refractivity contribution is 0.159. The molecule has 0 amide bonds. The van der Waals surface area contributed by atoms with Crippen LogP contribution in [0.15, 0.2) is 24.3 Å². The molecule has 0 heterocycles. The highest BCUT2D eigenvalue weighted by molar-refractivity contribution is 6.31. The Hall–Kier alpha value is -0.570. The summed E-state index contributed by atoms with van der Waals surface area (Å²) in [6, 6.07) is 8.82. The molecule has 2 atom stereocenters. The molecule has 0 radical (unpaired) electrons. The predicted octanol–water partition coefficient (Wildman–Crippen LogP) is 3.29. The van der Waals surface area contributed by atoms with Gasteiger partial charge in [-0.05, 0) is 31.4 Å². The molecule has 0 fully saturated rings. The van der Waals surface area contributed by atoms with E-state index in [1.54, 1.807) is 7.11 Å². The van der Waals surface area contributed by atoms with Gasteiger partial charge in [-0.2, -0.15) is 0 Å². The minimum absolute atomic E-state index is 0.398. The Kier molecular flexibility index (Phi) is 6.56. The third-order valence-corrected chi connectivity index (χ3v) is 3.23. The van der Waals surface area contributed by atoms with Gasteiger partial charge in [-0.1, -0.05) is 36.7 Å². The SMILES string of the molecule is CCC(COC)NC(C)Cc1ccccc1Cl. The van der Waals surface area contributed by atoms with Gasteiger partial charge in [-0.15, -0.1) is 0 Å². The molecule has 1 rings (SSSR count). The van der Waals surface area contributed by atoms with Gasteiger partial charge in [0.2, 0.25) is 0 Å². The largest absolute Gasteiger partial charge is 0.383 e. The molecule has 0 aliphatic heterocycles. The molecule has 3 heteroatoms.